The lowest BCUT2D eigenvalue weighted by Crippen LogP contribution is -2.57. The summed E-state index contributed by atoms with van der Waals surface area (Å²) in [6.07, 6.45) is 0. The van der Waals surface area contributed by atoms with Crippen LogP contribution in [-0.2, 0) is 4.79 Å². The zero-order valence-electron chi connectivity index (χ0n) is 13.4. The number of aryl methyl sites for hydroxylation is 1. The van der Waals surface area contributed by atoms with E-state index in [9.17, 15) is 9.59 Å². The number of nitrogens with zero attached hydrogens (tertiary/aromatic N) is 2. The van der Waals surface area contributed by atoms with Gasteiger partial charge in [-0.3, -0.25) is 9.59 Å². The van der Waals surface area contributed by atoms with Gasteiger partial charge in [0.2, 0.25) is 5.91 Å². The number of hydrogen-bond donors (Lipinski definition) is 0. The van der Waals surface area contributed by atoms with Crippen LogP contribution >= 0.6 is 0 Å². The van der Waals surface area contributed by atoms with Crippen molar-refractivity contribution >= 4 is 17.5 Å². The van der Waals surface area contributed by atoms with Crippen molar-refractivity contribution in [2.24, 2.45) is 0 Å². The van der Waals surface area contributed by atoms with E-state index in [1.54, 1.807) is 28.9 Å². The molecule has 1 aliphatic heterocycles. The number of hydrogen-bond acceptors (Lipinski definition) is 2. The molecule has 4 heteroatoms. The van der Waals surface area contributed by atoms with Gasteiger partial charge in [0.25, 0.3) is 5.91 Å². The minimum Gasteiger partial charge on any atom is -0.325 e. The van der Waals surface area contributed by atoms with E-state index >= 15 is 0 Å². The van der Waals surface area contributed by atoms with Gasteiger partial charge in [-0.1, -0.05) is 36.4 Å². The smallest absolute Gasteiger partial charge is 0.254 e. The van der Waals surface area contributed by atoms with E-state index in [0.29, 0.717) is 18.7 Å². The Morgan fingerprint density at radius 1 is 1.00 bits per heavy atom. The van der Waals surface area contributed by atoms with E-state index in [1.807, 2.05) is 49.4 Å². The topological polar surface area (TPSA) is 40.6 Å². The van der Waals surface area contributed by atoms with Crippen molar-refractivity contribution in [3.05, 3.63) is 65.7 Å². The summed E-state index contributed by atoms with van der Waals surface area (Å²) in [6, 6.07) is 16.5. The summed E-state index contributed by atoms with van der Waals surface area (Å²) in [5.41, 5.74) is 2.61. The van der Waals surface area contributed by atoms with Crippen molar-refractivity contribution < 1.29 is 9.59 Å². The summed E-state index contributed by atoms with van der Waals surface area (Å²) in [4.78, 5) is 28.8. The third-order valence-corrected chi connectivity index (χ3v) is 4.34. The Morgan fingerprint density at radius 3 is 2.35 bits per heavy atom. The van der Waals surface area contributed by atoms with Crippen LogP contribution in [0.3, 0.4) is 0 Å². The van der Waals surface area contributed by atoms with Crippen LogP contribution in [0.2, 0.25) is 0 Å². The summed E-state index contributed by atoms with van der Waals surface area (Å²) in [7, 11) is 0. The normalized spacial score (nSPS) is 18.2. The molecule has 1 unspecified atom stereocenters. The fraction of sp³-hybridized carbons (Fsp3) is 0.263. The lowest BCUT2D eigenvalue weighted by Gasteiger charge is -2.39. The molecule has 3 rings (SSSR count). The Balaban J connectivity index is 1.82. The summed E-state index contributed by atoms with van der Waals surface area (Å²) in [5, 5.41) is 0. The first-order chi connectivity index (χ1) is 11.1. The van der Waals surface area contributed by atoms with Crippen LogP contribution in [0.15, 0.2) is 54.6 Å². The molecule has 1 heterocycles. The third kappa shape index (κ3) is 2.84. The second kappa shape index (κ2) is 6.24. The van der Waals surface area contributed by atoms with Crippen LogP contribution in [0, 0.1) is 6.92 Å². The minimum absolute atomic E-state index is 0.0326. The lowest BCUT2D eigenvalue weighted by molar-refractivity contribution is -0.124. The molecule has 0 bridgehead atoms. The van der Waals surface area contributed by atoms with Crippen molar-refractivity contribution in [2.75, 3.05) is 18.0 Å². The molecule has 0 N–H and O–H groups in total. The number of anilines is 1. The van der Waals surface area contributed by atoms with Crippen LogP contribution < -0.4 is 4.90 Å². The summed E-state index contributed by atoms with van der Waals surface area (Å²) < 4.78 is 0. The number of rotatable bonds is 2. The molecular formula is C19H20N2O2. The second-order valence-corrected chi connectivity index (χ2v) is 5.82. The molecule has 0 saturated carbocycles. The Morgan fingerprint density at radius 2 is 1.65 bits per heavy atom. The van der Waals surface area contributed by atoms with Crippen LogP contribution in [0.25, 0.3) is 0 Å². The zero-order valence-corrected chi connectivity index (χ0v) is 13.4. The van der Waals surface area contributed by atoms with Crippen molar-refractivity contribution in [3.8, 4) is 0 Å². The van der Waals surface area contributed by atoms with Crippen LogP contribution in [0.1, 0.15) is 22.8 Å². The summed E-state index contributed by atoms with van der Waals surface area (Å²) in [5.74, 6) is -0.120. The van der Waals surface area contributed by atoms with E-state index < -0.39 is 6.04 Å². The molecule has 1 saturated heterocycles. The van der Waals surface area contributed by atoms with E-state index in [-0.39, 0.29) is 11.8 Å². The fourth-order valence-electron chi connectivity index (χ4n) is 3.00. The highest BCUT2D eigenvalue weighted by Gasteiger charge is 2.35. The predicted molar refractivity (Wildman–Crippen MR) is 90.5 cm³/mol. The van der Waals surface area contributed by atoms with Gasteiger partial charge in [0.1, 0.15) is 6.04 Å². The number of piperazine rings is 1. The maximum atomic E-state index is 12.8. The van der Waals surface area contributed by atoms with Crippen molar-refractivity contribution in [3.63, 3.8) is 0 Å². The van der Waals surface area contributed by atoms with E-state index in [1.165, 1.54) is 0 Å². The Labute approximate surface area is 136 Å². The number of benzene rings is 2. The van der Waals surface area contributed by atoms with Crippen LogP contribution in [-0.4, -0.2) is 35.8 Å². The molecule has 118 valence electrons. The average molecular weight is 308 g/mol. The highest BCUT2D eigenvalue weighted by Crippen LogP contribution is 2.24. The summed E-state index contributed by atoms with van der Waals surface area (Å²) >= 11 is 0. The maximum absolute atomic E-state index is 12.8. The molecule has 0 aliphatic carbocycles. The molecule has 1 aliphatic rings. The van der Waals surface area contributed by atoms with Gasteiger partial charge in [0.05, 0.1) is 0 Å². The monoisotopic (exact) mass is 308 g/mol. The zero-order chi connectivity index (χ0) is 16.4. The third-order valence-electron chi connectivity index (χ3n) is 4.34. The first-order valence-electron chi connectivity index (χ1n) is 7.82. The first-order valence-corrected chi connectivity index (χ1v) is 7.82. The van der Waals surface area contributed by atoms with Crippen LogP contribution in [0.5, 0.6) is 0 Å². The minimum atomic E-state index is -0.462. The molecule has 0 aromatic heterocycles. The number of carbonyl (C=O) groups is 2. The highest BCUT2D eigenvalue weighted by molar-refractivity contribution is 6.03. The van der Waals surface area contributed by atoms with Crippen LogP contribution in [0.4, 0.5) is 5.69 Å². The quantitative estimate of drug-likeness (QED) is 0.856. The average Bonchev–Trinajstić information content (AvgIpc) is 2.58. The van der Waals surface area contributed by atoms with E-state index in [2.05, 4.69) is 0 Å². The Bertz CT molecular complexity index is 727. The van der Waals surface area contributed by atoms with Gasteiger partial charge in [-0.2, -0.15) is 0 Å². The Hall–Kier alpha value is -2.62. The lowest BCUT2D eigenvalue weighted by atomic mass is 10.1. The molecule has 0 radical (unpaired) electrons. The Kier molecular flexibility index (Phi) is 4.15. The SMILES string of the molecule is Cc1ccccc1N1CCN(C(=O)c2ccccc2)C(C)C1=O. The largest absolute Gasteiger partial charge is 0.325 e. The van der Waals surface area contributed by atoms with Gasteiger partial charge < -0.3 is 9.80 Å². The molecule has 2 aromatic carbocycles. The molecule has 1 atom stereocenters. The van der Waals surface area contributed by atoms with Gasteiger partial charge >= 0.3 is 0 Å². The summed E-state index contributed by atoms with van der Waals surface area (Å²) in [6.45, 7) is 4.85. The molecular weight excluding hydrogens is 288 g/mol. The van der Waals surface area contributed by atoms with Gasteiger partial charge in [0.15, 0.2) is 0 Å². The fourth-order valence-corrected chi connectivity index (χ4v) is 3.00. The van der Waals surface area contributed by atoms with E-state index in [4.69, 9.17) is 0 Å². The molecule has 4 nitrogen and oxygen atoms in total. The van der Waals surface area contributed by atoms with Gasteiger partial charge in [0, 0.05) is 24.3 Å². The first kappa shape index (κ1) is 15.3. The standard InChI is InChI=1S/C19H20N2O2/c1-14-8-6-7-11-17(14)21-13-12-20(15(2)18(21)22)19(23)16-9-4-3-5-10-16/h3-11,15H,12-13H2,1-2H3. The molecule has 2 amide bonds. The number of amides is 2. The van der Waals surface area contributed by atoms with Gasteiger partial charge in [-0.05, 0) is 37.6 Å². The van der Waals surface area contributed by atoms with Crippen molar-refractivity contribution in [1.29, 1.82) is 0 Å². The molecule has 2 aromatic rings. The number of para-hydroxylation sites is 1. The van der Waals surface area contributed by atoms with Gasteiger partial charge in [-0.15, -0.1) is 0 Å². The highest BCUT2D eigenvalue weighted by atomic mass is 16.2. The predicted octanol–water partition coefficient (Wildman–Crippen LogP) is 2.87. The van der Waals surface area contributed by atoms with Gasteiger partial charge in [-0.25, -0.2) is 0 Å². The van der Waals surface area contributed by atoms with Crippen molar-refractivity contribution in [2.45, 2.75) is 19.9 Å². The van der Waals surface area contributed by atoms with Crippen molar-refractivity contribution in [1.82, 2.24) is 4.90 Å². The molecule has 23 heavy (non-hydrogen) atoms. The van der Waals surface area contributed by atoms with E-state index in [0.717, 1.165) is 11.3 Å². The number of carbonyl (C=O) groups excluding carboxylic acids is 2. The maximum Gasteiger partial charge on any atom is 0.254 e. The second-order valence-electron chi connectivity index (χ2n) is 5.82. The molecule has 0 spiro atoms. The molecule has 1 fully saturated rings.